The molecule has 0 amide bonds. The second-order valence-electron chi connectivity index (χ2n) is 13.5. The van der Waals surface area contributed by atoms with Crippen LogP contribution in [0.1, 0.15) is 109 Å². The summed E-state index contributed by atoms with van der Waals surface area (Å²) in [5.74, 6) is 0.790. The van der Waals surface area contributed by atoms with Gasteiger partial charge in [-0.05, 0) is 101 Å². The monoisotopic (exact) mass is 754 g/mol. The van der Waals surface area contributed by atoms with Gasteiger partial charge in [-0.15, -0.1) is 0 Å². The number of carbonyl (C=O) groups excluding carboxylic acids is 2. The van der Waals surface area contributed by atoms with Crippen molar-refractivity contribution in [1.29, 1.82) is 0 Å². The molecule has 2 N–H and O–H groups in total. The minimum Gasteiger partial charge on any atom is -0.463 e. The second kappa shape index (κ2) is 30.5. The Morgan fingerprint density at radius 3 is 1.37 bits per heavy atom. The van der Waals surface area contributed by atoms with Crippen molar-refractivity contribution < 1.29 is 47.0 Å². The molecule has 0 radical (unpaired) electrons. The number of aliphatic hydroxyl groups is 2. The lowest BCUT2D eigenvalue weighted by Crippen LogP contribution is -2.46. The predicted molar refractivity (Wildman–Crippen MR) is 207 cm³/mol. The summed E-state index contributed by atoms with van der Waals surface area (Å²) in [5, 5.41) is 18.9. The van der Waals surface area contributed by atoms with Gasteiger partial charge in [-0.2, -0.15) is 0 Å². The van der Waals surface area contributed by atoms with Gasteiger partial charge in [-0.1, -0.05) is 62.1 Å². The Kier molecular flexibility index (Phi) is 28.2. The molecule has 51 heavy (non-hydrogen) atoms. The molecule has 1 rings (SSSR count). The molecule has 12 heteroatoms. The van der Waals surface area contributed by atoms with Gasteiger partial charge >= 0.3 is 20.7 Å². The number of carbonyl (C=O) groups is 2. The average molecular weight is 755 g/mol. The zero-order valence-corrected chi connectivity index (χ0v) is 34.2. The number of hydrogen-bond donors (Lipinski definition) is 2. The summed E-state index contributed by atoms with van der Waals surface area (Å²) in [6.45, 7) is 0.594. The maximum Gasteiger partial charge on any atom is 0.500 e. The largest absolute Gasteiger partial charge is 0.500 e. The smallest absolute Gasteiger partial charge is 0.463 e. The maximum atomic E-state index is 11.9. The molecule has 0 spiro atoms. The standard InChI is InChI=1S/C39H70O10Si2/c1-44-50(34-40,35-41)31-21-29-48-38(42)25-19-15-11-7-5-9-13-17-23-36-27-28-37(33-36)24-18-14-10-6-8-12-16-20-26-39(43)49-30-22-32-51(45-2,46-3)47-4/h17-20,23-26,36-37,40-41H,5-16,21-22,27-35H2,1-4H3. The molecule has 0 aliphatic heterocycles. The molecule has 0 aromatic carbocycles. The van der Waals surface area contributed by atoms with Crippen molar-refractivity contribution in [2.75, 3.05) is 54.1 Å². The maximum absolute atomic E-state index is 11.9. The number of allylic oxidation sites excluding steroid dienone is 6. The molecular formula is C39H70O10Si2. The van der Waals surface area contributed by atoms with Crippen LogP contribution in [0.15, 0.2) is 48.6 Å². The van der Waals surface area contributed by atoms with Crippen molar-refractivity contribution >= 4 is 29.1 Å². The summed E-state index contributed by atoms with van der Waals surface area (Å²) in [5.41, 5.74) is 0. The third kappa shape index (κ3) is 22.7. The molecule has 0 aromatic rings. The summed E-state index contributed by atoms with van der Waals surface area (Å²) in [4.78, 5) is 23.7. The predicted octanol–water partition coefficient (Wildman–Crippen LogP) is 7.71. The van der Waals surface area contributed by atoms with Gasteiger partial charge in [-0.25, -0.2) is 9.59 Å². The van der Waals surface area contributed by atoms with E-state index in [1.165, 1.54) is 70.6 Å². The lowest BCUT2D eigenvalue weighted by Gasteiger charge is -2.24. The molecule has 1 saturated carbocycles. The van der Waals surface area contributed by atoms with E-state index < -0.39 is 17.1 Å². The van der Waals surface area contributed by atoms with E-state index in [0.29, 0.717) is 43.4 Å². The normalized spacial score (nSPS) is 17.1. The Hall–Kier alpha value is -1.91. The summed E-state index contributed by atoms with van der Waals surface area (Å²) in [6.07, 6.45) is 34.7. The molecular weight excluding hydrogens is 685 g/mol. The molecule has 2 atom stereocenters. The van der Waals surface area contributed by atoms with Crippen LogP contribution in [0.5, 0.6) is 0 Å². The summed E-state index contributed by atoms with van der Waals surface area (Å²) >= 11 is 0. The Morgan fingerprint density at radius 1 is 0.569 bits per heavy atom. The first kappa shape index (κ1) is 47.1. The van der Waals surface area contributed by atoms with Crippen LogP contribution in [0.3, 0.4) is 0 Å². The number of unbranched alkanes of at least 4 members (excludes halogenated alkanes) is 10. The SMILES string of the molecule is CO[Si](CO)(CO)CCCOC(=O)C=CCCCCCCC=CC1CCC(C=CCCCCCCC=CC(=O)OCCC[Si](OC)(OC)OC)C1. The third-order valence-corrected chi connectivity index (χ3v) is 15.8. The first-order valence-corrected chi connectivity index (χ1v) is 23.7. The summed E-state index contributed by atoms with van der Waals surface area (Å²) in [6, 6.07) is 1.16. The highest BCUT2D eigenvalue weighted by Crippen LogP contribution is 2.33. The molecule has 0 bridgehead atoms. The molecule has 10 nitrogen and oxygen atoms in total. The molecule has 294 valence electrons. The number of rotatable bonds is 32. The Bertz CT molecular complexity index is 913. The molecule has 2 unspecified atom stereocenters. The van der Waals surface area contributed by atoms with Gasteiger partial charge in [0.1, 0.15) is 0 Å². The van der Waals surface area contributed by atoms with Crippen molar-refractivity contribution in [3.63, 3.8) is 0 Å². The quantitative estimate of drug-likeness (QED) is 0.0232. The lowest BCUT2D eigenvalue weighted by atomic mass is 10.0. The van der Waals surface area contributed by atoms with E-state index in [-0.39, 0.29) is 31.0 Å². The van der Waals surface area contributed by atoms with Gasteiger partial charge in [0.2, 0.25) is 8.32 Å². The number of ether oxygens (including phenoxy) is 2. The van der Waals surface area contributed by atoms with E-state index in [2.05, 4.69) is 24.3 Å². The van der Waals surface area contributed by atoms with Crippen LogP contribution < -0.4 is 0 Å². The molecule has 1 fully saturated rings. The zero-order valence-electron chi connectivity index (χ0n) is 32.2. The van der Waals surface area contributed by atoms with Crippen LogP contribution in [-0.4, -0.2) is 93.4 Å². The lowest BCUT2D eigenvalue weighted by molar-refractivity contribution is -0.138. The minimum absolute atomic E-state index is 0.136. The van der Waals surface area contributed by atoms with E-state index in [4.69, 9.17) is 27.2 Å². The van der Waals surface area contributed by atoms with Gasteiger partial charge in [0.15, 0.2) is 0 Å². The van der Waals surface area contributed by atoms with Gasteiger partial charge in [0, 0.05) is 46.6 Å². The molecule has 0 aromatic heterocycles. The van der Waals surface area contributed by atoms with Crippen LogP contribution in [0, 0.1) is 11.8 Å². The zero-order chi connectivity index (χ0) is 37.5. The van der Waals surface area contributed by atoms with Crippen LogP contribution in [0.25, 0.3) is 0 Å². The Morgan fingerprint density at radius 2 is 0.980 bits per heavy atom. The van der Waals surface area contributed by atoms with Gasteiger partial charge in [0.05, 0.1) is 25.7 Å². The van der Waals surface area contributed by atoms with Gasteiger partial charge < -0.3 is 37.4 Å². The third-order valence-electron chi connectivity index (χ3n) is 9.66. The summed E-state index contributed by atoms with van der Waals surface area (Å²) < 4.78 is 31.9. The van der Waals surface area contributed by atoms with Crippen LogP contribution in [0.4, 0.5) is 0 Å². The van der Waals surface area contributed by atoms with E-state index in [1.54, 1.807) is 21.3 Å². The molecule has 1 aliphatic rings. The van der Waals surface area contributed by atoms with E-state index >= 15 is 0 Å². The fraction of sp³-hybridized carbons (Fsp3) is 0.744. The van der Waals surface area contributed by atoms with Crippen LogP contribution in [-0.2, 0) is 36.8 Å². The number of esters is 2. The fourth-order valence-corrected chi connectivity index (χ4v) is 9.57. The second-order valence-corrected chi connectivity index (χ2v) is 20.5. The van der Waals surface area contributed by atoms with Crippen molar-refractivity contribution in [2.24, 2.45) is 11.8 Å². The Balaban J connectivity index is 1.98. The Labute approximate surface area is 311 Å². The van der Waals surface area contributed by atoms with Crippen molar-refractivity contribution in [3.05, 3.63) is 48.6 Å². The van der Waals surface area contributed by atoms with E-state index in [0.717, 1.165) is 44.9 Å². The van der Waals surface area contributed by atoms with Gasteiger partial charge in [0.25, 0.3) is 0 Å². The number of aliphatic hydroxyl groups excluding tert-OH is 2. The fourth-order valence-electron chi connectivity index (χ4n) is 6.21. The van der Waals surface area contributed by atoms with Crippen molar-refractivity contribution in [3.8, 4) is 0 Å². The summed E-state index contributed by atoms with van der Waals surface area (Å²) in [7, 11) is 1.16. The molecule has 1 aliphatic carbocycles. The van der Waals surface area contributed by atoms with Crippen molar-refractivity contribution in [1.82, 2.24) is 0 Å². The highest BCUT2D eigenvalue weighted by atomic mass is 28.4. The van der Waals surface area contributed by atoms with E-state index in [1.807, 2.05) is 12.2 Å². The molecule has 0 heterocycles. The van der Waals surface area contributed by atoms with Crippen LogP contribution in [0.2, 0.25) is 12.1 Å². The highest BCUT2D eigenvalue weighted by molar-refractivity contribution is 6.73. The van der Waals surface area contributed by atoms with Crippen LogP contribution >= 0.6 is 0 Å². The minimum atomic E-state index is -2.60. The van der Waals surface area contributed by atoms with Crippen molar-refractivity contribution in [2.45, 2.75) is 121 Å². The van der Waals surface area contributed by atoms with E-state index in [9.17, 15) is 19.8 Å². The first-order chi connectivity index (χ1) is 24.8. The van der Waals surface area contributed by atoms with Gasteiger partial charge in [-0.3, -0.25) is 0 Å². The highest BCUT2D eigenvalue weighted by Gasteiger charge is 2.37. The average Bonchev–Trinajstić information content (AvgIpc) is 3.61. The number of hydrogen-bond acceptors (Lipinski definition) is 10. The first-order valence-electron chi connectivity index (χ1n) is 19.2. The topological polar surface area (TPSA) is 130 Å². The molecule has 0 saturated heterocycles.